The molecule has 1 aromatic carbocycles. The van der Waals surface area contributed by atoms with Crippen LogP contribution >= 0.6 is 24.0 Å². The SMILES string of the molecule is CN=C(NCCCn1cccn1)N(C)Cc1ccccc1OC.I. The quantitative estimate of drug-likeness (QED) is 0.310. The van der Waals surface area contributed by atoms with E-state index in [0.717, 1.165) is 43.3 Å². The van der Waals surface area contributed by atoms with E-state index in [-0.39, 0.29) is 24.0 Å². The normalized spacial score (nSPS) is 10.9. The zero-order valence-electron chi connectivity index (χ0n) is 14.5. The molecule has 2 aromatic rings. The molecular formula is C17H26IN5O. The van der Waals surface area contributed by atoms with Gasteiger partial charge in [0, 0.05) is 51.7 Å². The van der Waals surface area contributed by atoms with Crippen LogP contribution in [0.3, 0.4) is 0 Å². The lowest BCUT2D eigenvalue weighted by molar-refractivity contribution is 0.395. The van der Waals surface area contributed by atoms with E-state index in [0.29, 0.717) is 0 Å². The molecule has 0 aliphatic rings. The maximum Gasteiger partial charge on any atom is 0.193 e. The van der Waals surface area contributed by atoms with Crippen LogP contribution < -0.4 is 10.1 Å². The van der Waals surface area contributed by atoms with Gasteiger partial charge in [-0.3, -0.25) is 9.67 Å². The number of para-hydroxylation sites is 1. The number of aryl methyl sites for hydroxylation is 1. The zero-order valence-corrected chi connectivity index (χ0v) is 16.8. The molecule has 1 heterocycles. The van der Waals surface area contributed by atoms with Crippen LogP contribution in [0.1, 0.15) is 12.0 Å². The van der Waals surface area contributed by atoms with E-state index in [1.165, 1.54) is 0 Å². The monoisotopic (exact) mass is 443 g/mol. The maximum atomic E-state index is 5.40. The molecule has 0 aliphatic heterocycles. The minimum atomic E-state index is 0. The fraction of sp³-hybridized carbons (Fsp3) is 0.412. The molecular weight excluding hydrogens is 417 g/mol. The third kappa shape index (κ3) is 6.03. The molecule has 2 rings (SSSR count). The van der Waals surface area contributed by atoms with Crippen LogP contribution in [0.2, 0.25) is 0 Å². The number of halogens is 1. The first-order valence-corrected chi connectivity index (χ1v) is 7.75. The van der Waals surface area contributed by atoms with E-state index in [4.69, 9.17) is 4.74 Å². The van der Waals surface area contributed by atoms with E-state index >= 15 is 0 Å². The molecule has 0 radical (unpaired) electrons. The van der Waals surface area contributed by atoms with Gasteiger partial charge < -0.3 is 15.0 Å². The minimum Gasteiger partial charge on any atom is -0.496 e. The Morgan fingerprint density at radius 2 is 2.12 bits per heavy atom. The second kappa shape index (κ2) is 10.9. The van der Waals surface area contributed by atoms with Crippen molar-refractivity contribution < 1.29 is 4.74 Å². The van der Waals surface area contributed by atoms with Crippen LogP contribution in [0.4, 0.5) is 0 Å². The Morgan fingerprint density at radius 3 is 2.79 bits per heavy atom. The average Bonchev–Trinajstić information content (AvgIpc) is 3.08. The van der Waals surface area contributed by atoms with Crippen molar-refractivity contribution in [2.75, 3.05) is 27.7 Å². The number of hydrogen-bond acceptors (Lipinski definition) is 3. The van der Waals surface area contributed by atoms with Crippen molar-refractivity contribution in [3.8, 4) is 5.75 Å². The molecule has 132 valence electrons. The number of rotatable bonds is 7. The summed E-state index contributed by atoms with van der Waals surface area (Å²) >= 11 is 0. The van der Waals surface area contributed by atoms with Crippen molar-refractivity contribution in [3.05, 3.63) is 48.3 Å². The highest BCUT2D eigenvalue weighted by Crippen LogP contribution is 2.18. The van der Waals surface area contributed by atoms with Crippen LogP contribution in [0.5, 0.6) is 5.75 Å². The Morgan fingerprint density at radius 1 is 1.33 bits per heavy atom. The molecule has 0 atom stereocenters. The summed E-state index contributed by atoms with van der Waals surface area (Å²) in [6.45, 7) is 2.48. The highest BCUT2D eigenvalue weighted by atomic mass is 127. The highest BCUT2D eigenvalue weighted by molar-refractivity contribution is 14.0. The summed E-state index contributed by atoms with van der Waals surface area (Å²) in [6.07, 6.45) is 4.76. The predicted molar refractivity (Wildman–Crippen MR) is 108 cm³/mol. The second-order valence-electron chi connectivity index (χ2n) is 5.26. The van der Waals surface area contributed by atoms with Gasteiger partial charge in [-0.15, -0.1) is 24.0 Å². The van der Waals surface area contributed by atoms with Gasteiger partial charge in [-0.2, -0.15) is 5.10 Å². The summed E-state index contributed by atoms with van der Waals surface area (Å²) in [4.78, 5) is 6.43. The van der Waals surface area contributed by atoms with E-state index in [9.17, 15) is 0 Å². The van der Waals surface area contributed by atoms with Gasteiger partial charge in [-0.05, 0) is 18.6 Å². The molecule has 7 heteroatoms. The van der Waals surface area contributed by atoms with Crippen molar-refractivity contribution in [2.45, 2.75) is 19.5 Å². The van der Waals surface area contributed by atoms with Crippen LogP contribution in [-0.4, -0.2) is 48.4 Å². The lowest BCUT2D eigenvalue weighted by Gasteiger charge is -2.23. The first-order valence-electron chi connectivity index (χ1n) is 7.75. The Bertz CT molecular complexity index is 615. The number of benzene rings is 1. The van der Waals surface area contributed by atoms with E-state index < -0.39 is 0 Å². The summed E-state index contributed by atoms with van der Waals surface area (Å²) < 4.78 is 7.34. The number of aromatic nitrogens is 2. The molecule has 0 spiro atoms. The average molecular weight is 443 g/mol. The molecule has 0 aliphatic carbocycles. The number of aliphatic imine (C=N–C) groups is 1. The topological polar surface area (TPSA) is 54.7 Å². The fourth-order valence-corrected chi connectivity index (χ4v) is 2.42. The number of nitrogens with one attached hydrogen (secondary N) is 1. The number of guanidine groups is 1. The standard InChI is InChI=1S/C17H25N5O.HI/c1-18-17(19-10-6-12-22-13-7-11-20-22)21(2)14-15-8-4-5-9-16(15)23-3;/h4-5,7-9,11,13H,6,10,12,14H2,1-3H3,(H,18,19);1H. The molecule has 1 N–H and O–H groups in total. The van der Waals surface area contributed by atoms with Gasteiger partial charge in [0.2, 0.25) is 0 Å². The fourth-order valence-electron chi connectivity index (χ4n) is 2.42. The van der Waals surface area contributed by atoms with Gasteiger partial charge in [0.15, 0.2) is 5.96 Å². The Balaban J connectivity index is 0.00000288. The molecule has 0 amide bonds. The van der Waals surface area contributed by atoms with Gasteiger partial charge in [0.1, 0.15) is 5.75 Å². The Hall–Kier alpha value is -1.77. The second-order valence-corrected chi connectivity index (χ2v) is 5.26. The Labute approximate surface area is 160 Å². The van der Waals surface area contributed by atoms with Crippen LogP contribution in [0.15, 0.2) is 47.7 Å². The first kappa shape index (κ1) is 20.3. The van der Waals surface area contributed by atoms with Crippen LogP contribution in [0.25, 0.3) is 0 Å². The summed E-state index contributed by atoms with van der Waals surface area (Å²) in [7, 11) is 5.52. The zero-order chi connectivity index (χ0) is 16.5. The summed E-state index contributed by atoms with van der Waals surface area (Å²) in [5, 5.41) is 7.58. The molecule has 1 aromatic heterocycles. The molecule has 0 saturated heterocycles. The molecule has 0 fully saturated rings. The smallest absolute Gasteiger partial charge is 0.193 e. The third-order valence-corrected chi connectivity index (χ3v) is 3.58. The van der Waals surface area contributed by atoms with Crippen molar-refractivity contribution >= 4 is 29.9 Å². The van der Waals surface area contributed by atoms with Gasteiger partial charge >= 0.3 is 0 Å². The summed E-state index contributed by atoms with van der Waals surface area (Å²) in [5.41, 5.74) is 1.14. The van der Waals surface area contributed by atoms with E-state index in [1.807, 2.05) is 42.2 Å². The van der Waals surface area contributed by atoms with Crippen molar-refractivity contribution in [1.82, 2.24) is 20.0 Å². The molecule has 0 saturated carbocycles. The molecule has 0 bridgehead atoms. The number of ether oxygens (including phenoxy) is 1. The largest absolute Gasteiger partial charge is 0.496 e. The lowest BCUT2D eigenvalue weighted by atomic mass is 10.2. The number of hydrogen-bond donors (Lipinski definition) is 1. The van der Waals surface area contributed by atoms with Crippen LogP contribution in [0, 0.1) is 0 Å². The van der Waals surface area contributed by atoms with Gasteiger partial charge in [0.05, 0.1) is 7.11 Å². The van der Waals surface area contributed by atoms with Crippen LogP contribution in [-0.2, 0) is 13.1 Å². The van der Waals surface area contributed by atoms with Crippen molar-refractivity contribution in [1.29, 1.82) is 0 Å². The Kier molecular flexibility index (Phi) is 9.21. The maximum absolute atomic E-state index is 5.40. The summed E-state index contributed by atoms with van der Waals surface area (Å²) in [6, 6.07) is 9.98. The third-order valence-electron chi connectivity index (χ3n) is 3.58. The van der Waals surface area contributed by atoms with E-state index in [2.05, 4.69) is 26.4 Å². The minimum absolute atomic E-state index is 0. The highest BCUT2D eigenvalue weighted by Gasteiger charge is 2.09. The molecule has 24 heavy (non-hydrogen) atoms. The van der Waals surface area contributed by atoms with Gasteiger partial charge in [-0.1, -0.05) is 18.2 Å². The summed E-state index contributed by atoms with van der Waals surface area (Å²) in [5.74, 6) is 1.77. The number of methoxy groups -OCH3 is 1. The molecule has 6 nitrogen and oxygen atoms in total. The number of nitrogens with zero attached hydrogens (tertiary/aromatic N) is 4. The van der Waals surface area contributed by atoms with Crippen molar-refractivity contribution in [2.24, 2.45) is 4.99 Å². The molecule has 0 unspecified atom stereocenters. The van der Waals surface area contributed by atoms with Gasteiger partial charge in [0.25, 0.3) is 0 Å². The lowest BCUT2D eigenvalue weighted by Crippen LogP contribution is -2.39. The van der Waals surface area contributed by atoms with Gasteiger partial charge in [-0.25, -0.2) is 0 Å². The first-order chi connectivity index (χ1) is 11.2. The van der Waals surface area contributed by atoms with E-state index in [1.54, 1.807) is 20.4 Å². The predicted octanol–water partition coefficient (Wildman–Crippen LogP) is 2.61. The van der Waals surface area contributed by atoms with Crippen molar-refractivity contribution in [3.63, 3.8) is 0 Å².